The van der Waals surface area contributed by atoms with E-state index in [0.717, 1.165) is 24.6 Å². The predicted molar refractivity (Wildman–Crippen MR) is 66.2 cm³/mol. The number of nitrogens with zero attached hydrogens (tertiary/aromatic N) is 2. The first-order chi connectivity index (χ1) is 8.24. The highest BCUT2D eigenvalue weighted by molar-refractivity contribution is 4.90. The minimum Gasteiger partial charge on any atom is -0.366 e. The number of ether oxygens (including phenoxy) is 1. The van der Waals surface area contributed by atoms with Crippen molar-refractivity contribution in [2.24, 2.45) is 11.7 Å². The number of hydrogen-bond donors (Lipinski definition) is 1. The van der Waals surface area contributed by atoms with E-state index in [4.69, 9.17) is 10.5 Å². The highest BCUT2D eigenvalue weighted by Crippen LogP contribution is 2.34. The molecule has 1 aromatic heterocycles. The summed E-state index contributed by atoms with van der Waals surface area (Å²) in [4.78, 5) is 8.33. The normalized spacial score (nSPS) is 29.2. The molecule has 1 fully saturated rings. The summed E-state index contributed by atoms with van der Waals surface area (Å²) in [7, 11) is 0. The average Bonchev–Trinajstić information content (AvgIpc) is 2.40. The quantitative estimate of drug-likeness (QED) is 0.866. The lowest BCUT2D eigenvalue weighted by Gasteiger charge is -2.38. The highest BCUT2D eigenvalue weighted by Gasteiger charge is 2.33. The molecule has 1 aliphatic rings. The second-order valence-electron chi connectivity index (χ2n) is 5.02. The third-order valence-corrected chi connectivity index (χ3v) is 3.68. The standard InChI is InChI=1S/C13H21N3O/c1-11-3-5-13(10-14,6-4-11)17-9-12-15-7-2-8-16-12/h2,7-8,11H,3-6,9-10,14H2,1H3. The van der Waals surface area contributed by atoms with E-state index >= 15 is 0 Å². The van der Waals surface area contributed by atoms with Gasteiger partial charge in [-0.3, -0.25) is 0 Å². The van der Waals surface area contributed by atoms with Crippen LogP contribution < -0.4 is 5.73 Å². The summed E-state index contributed by atoms with van der Waals surface area (Å²) < 4.78 is 6.00. The van der Waals surface area contributed by atoms with Crippen LogP contribution in [0.1, 0.15) is 38.4 Å². The van der Waals surface area contributed by atoms with Gasteiger partial charge in [0.1, 0.15) is 6.61 Å². The second-order valence-corrected chi connectivity index (χ2v) is 5.02. The molecule has 0 aromatic carbocycles. The fourth-order valence-corrected chi connectivity index (χ4v) is 2.32. The molecular formula is C13H21N3O. The molecule has 2 N–H and O–H groups in total. The summed E-state index contributed by atoms with van der Waals surface area (Å²) in [6, 6.07) is 1.81. The van der Waals surface area contributed by atoms with Crippen LogP contribution in [0.4, 0.5) is 0 Å². The maximum Gasteiger partial charge on any atom is 0.153 e. The van der Waals surface area contributed by atoms with Gasteiger partial charge in [0.05, 0.1) is 5.60 Å². The molecule has 1 heterocycles. The molecule has 2 rings (SSSR count). The van der Waals surface area contributed by atoms with E-state index in [-0.39, 0.29) is 5.60 Å². The van der Waals surface area contributed by atoms with Gasteiger partial charge < -0.3 is 10.5 Å². The monoisotopic (exact) mass is 235 g/mol. The van der Waals surface area contributed by atoms with Crippen molar-refractivity contribution in [2.75, 3.05) is 6.54 Å². The van der Waals surface area contributed by atoms with Gasteiger partial charge in [-0.05, 0) is 37.7 Å². The van der Waals surface area contributed by atoms with Crippen LogP contribution in [-0.4, -0.2) is 22.1 Å². The van der Waals surface area contributed by atoms with Crippen LogP contribution in [0.2, 0.25) is 0 Å². The highest BCUT2D eigenvalue weighted by atomic mass is 16.5. The molecule has 0 radical (unpaired) electrons. The zero-order valence-corrected chi connectivity index (χ0v) is 10.4. The summed E-state index contributed by atoms with van der Waals surface area (Å²) >= 11 is 0. The molecule has 0 unspecified atom stereocenters. The summed E-state index contributed by atoms with van der Waals surface area (Å²) in [5, 5.41) is 0. The Morgan fingerprint density at radius 2 is 2.00 bits per heavy atom. The van der Waals surface area contributed by atoms with Gasteiger partial charge in [-0.15, -0.1) is 0 Å². The molecule has 1 aliphatic carbocycles. The Labute approximate surface area is 103 Å². The maximum atomic E-state index is 6.00. The molecule has 1 aromatic rings. The van der Waals surface area contributed by atoms with Crippen LogP contribution in [0.3, 0.4) is 0 Å². The fourth-order valence-electron chi connectivity index (χ4n) is 2.32. The summed E-state index contributed by atoms with van der Waals surface area (Å²) in [5.74, 6) is 1.53. The Morgan fingerprint density at radius 3 is 2.59 bits per heavy atom. The van der Waals surface area contributed by atoms with Gasteiger partial charge in [0.2, 0.25) is 0 Å². The zero-order valence-electron chi connectivity index (χ0n) is 10.4. The van der Waals surface area contributed by atoms with Crippen molar-refractivity contribution in [3.63, 3.8) is 0 Å². The molecule has 4 nitrogen and oxygen atoms in total. The van der Waals surface area contributed by atoms with Crippen molar-refractivity contribution in [2.45, 2.75) is 44.8 Å². The Kier molecular flexibility index (Phi) is 4.07. The third kappa shape index (κ3) is 3.23. The van der Waals surface area contributed by atoms with E-state index in [2.05, 4.69) is 16.9 Å². The number of nitrogens with two attached hydrogens (primary N) is 1. The Balaban J connectivity index is 1.91. The van der Waals surface area contributed by atoms with E-state index in [0.29, 0.717) is 13.2 Å². The van der Waals surface area contributed by atoms with E-state index in [9.17, 15) is 0 Å². The molecule has 1 saturated carbocycles. The average molecular weight is 235 g/mol. The predicted octanol–water partition coefficient (Wildman–Crippen LogP) is 1.90. The number of rotatable bonds is 4. The van der Waals surface area contributed by atoms with E-state index in [1.54, 1.807) is 12.4 Å². The van der Waals surface area contributed by atoms with Gasteiger partial charge in [-0.25, -0.2) is 9.97 Å². The summed E-state index contributed by atoms with van der Waals surface area (Å²) in [5.41, 5.74) is 5.73. The largest absolute Gasteiger partial charge is 0.366 e. The third-order valence-electron chi connectivity index (χ3n) is 3.68. The number of hydrogen-bond acceptors (Lipinski definition) is 4. The van der Waals surface area contributed by atoms with E-state index in [1.165, 1.54) is 12.8 Å². The summed E-state index contributed by atoms with van der Waals surface area (Å²) in [6.45, 7) is 3.35. The van der Waals surface area contributed by atoms with Gasteiger partial charge in [0, 0.05) is 18.9 Å². The van der Waals surface area contributed by atoms with Gasteiger partial charge in [0.15, 0.2) is 5.82 Å². The molecule has 17 heavy (non-hydrogen) atoms. The van der Waals surface area contributed by atoms with Gasteiger partial charge in [-0.1, -0.05) is 6.92 Å². The fraction of sp³-hybridized carbons (Fsp3) is 0.692. The Morgan fingerprint density at radius 1 is 1.35 bits per heavy atom. The van der Waals surface area contributed by atoms with Crippen molar-refractivity contribution >= 4 is 0 Å². The molecule has 0 amide bonds. The lowest BCUT2D eigenvalue weighted by molar-refractivity contribution is -0.0821. The maximum absolute atomic E-state index is 6.00. The molecule has 94 valence electrons. The molecule has 0 saturated heterocycles. The van der Waals surface area contributed by atoms with Gasteiger partial charge >= 0.3 is 0 Å². The van der Waals surface area contributed by atoms with Crippen molar-refractivity contribution in [1.82, 2.24) is 9.97 Å². The molecule has 0 aliphatic heterocycles. The van der Waals surface area contributed by atoms with E-state index in [1.807, 2.05) is 6.07 Å². The van der Waals surface area contributed by atoms with Crippen LogP contribution in [-0.2, 0) is 11.3 Å². The zero-order chi connectivity index (χ0) is 12.1. The van der Waals surface area contributed by atoms with Crippen LogP contribution in [0.15, 0.2) is 18.5 Å². The van der Waals surface area contributed by atoms with Crippen LogP contribution in [0.5, 0.6) is 0 Å². The van der Waals surface area contributed by atoms with Crippen molar-refractivity contribution in [3.8, 4) is 0 Å². The number of aromatic nitrogens is 2. The smallest absolute Gasteiger partial charge is 0.153 e. The lowest BCUT2D eigenvalue weighted by atomic mass is 9.79. The molecule has 4 heteroatoms. The van der Waals surface area contributed by atoms with Gasteiger partial charge in [-0.2, -0.15) is 0 Å². The first-order valence-electron chi connectivity index (χ1n) is 6.34. The van der Waals surface area contributed by atoms with Crippen molar-refractivity contribution < 1.29 is 4.74 Å². The minimum atomic E-state index is -0.147. The van der Waals surface area contributed by atoms with Gasteiger partial charge in [0.25, 0.3) is 0 Å². The molecule has 0 atom stereocenters. The topological polar surface area (TPSA) is 61.0 Å². The lowest BCUT2D eigenvalue weighted by Crippen LogP contribution is -2.43. The first-order valence-corrected chi connectivity index (χ1v) is 6.34. The molecular weight excluding hydrogens is 214 g/mol. The van der Waals surface area contributed by atoms with Crippen LogP contribution in [0, 0.1) is 5.92 Å². The molecule has 0 bridgehead atoms. The minimum absolute atomic E-state index is 0.147. The van der Waals surface area contributed by atoms with Crippen molar-refractivity contribution in [3.05, 3.63) is 24.3 Å². The first kappa shape index (κ1) is 12.5. The van der Waals surface area contributed by atoms with E-state index < -0.39 is 0 Å². The molecule has 0 spiro atoms. The van der Waals surface area contributed by atoms with Crippen LogP contribution in [0.25, 0.3) is 0 Å². The Hall–Kier alpha value is -1.00. The second kappa shape index (κ2) is 5.56. The van der Waals surface area contributed by atoms with Crippen LogP contribution >= 0.6 is 0 Å². The summed E-state index contributed by atoms with van der Waals surface area (Å²) in [6.07, 6.45) is 7.99. The Bertz CT molecular complexity index is 334. The SMILES string of the molecule is CC1CCC(CN)(OCc2ncccn2)CC1. The van der Waals surface area contributed by atoms with Crippen molar-refractivity contribution in [1.29, 1.82) is 0 Å².